The monoisotopic (exact) mass is 239 g/mol. The van der Waals surface area contributed by atoms with Crippen LogP contribution in [0.3, 0.4) is 0 Å². The molecule has 1 aromatic carbocycles. The predicted molar refractivity (Wildman–Crippen MR) is 61.0 cm³/mol. The molecule has 2 rings (SSSR count). The van der Waals surface area contributed by atoms with Crippen LogP contribution in [-0.4, -0.2) is 11.9 Å². The van der Waals surface area contributed by atoms with Gasteiger partial charge in [0, 0.05) is 23.9 Å². The van der Waals surface area contributed by atoms with Crippen molar-refractivity contribution >= 4 is 5.91 Å². The van der Waals surface area contributed by atoms with E-state index in [9.17, 15) is 13.6 Å². The summed E-state index contributed by atoms with van der Waals surface area (Å²) in [4.78, 5) is 11.3. The third-order valence-corrected chi connectivity index (χ3v) is 3.29. The van der Waals surface area contributed by atoms with Gasteiger partial charge in [-0.25, -0.2) is 8.78 Å². The number of amides is 1. The fourth-order valence-electron chi connectivity index (χ4n) is 2.33. The van der Waals surface area contributed by atoms with Crippen LogP contribution in [0, 0.1) is 0 Å². The van der Waals surface area contributed by atoms with Crippen LogP contribution in [0.5, 0.6) is 0 Å². The van der Waals surface area contributed by atoms with Crippen molar-refractivity contribution in [2.24, 2.45) is 0 Å². The third-order valence-electron chi connectivity index (χ3n) is 3.29. The molecule has 1 fully saturated rings. The quantitative estimate of drug-likeness (QED) is 0.863. The van der Waals surface area contributed by atoms with Gasteiger partial charge in [-0.05, 0) is 12.0 Å². The van der Waals surface area contributed by atoms with Crippen LogP contribution >= 0.6 is 0 Å². The second-order valence-electron chi connectivity index (χ2n) is 4.36. The van der Waals surface area contributed by atoms with Gasteiger partial charge in [0.15, 0.2) is 0 Å². The van der Waals surface area contributed by atoms with Gasteiger partial charge in [-0.15, -0.1) is 0 Å². The fraction of sp³-hybridized carbons (Fsp3) is 0.462. The molecule has 1 amide bonds. The van der Waals surface area contributed by atoms with E-state index in [1.165, 1.54) is 12.1 Å². The van der Waals surface area contributed by atoms with E-state index in [0.717, 1.165) is 12.0 Å². The van der Waals surface area contributed by atoms with Crippen LogP contribution in [-0.2, 0) is 4.79 Å². The number of alkyl halides is 2. The van der Waals surface area contributed by atoms with E-state index < -0.39 is 6.43 Å². The average Bonchev–Trinajstić information content (AvgIpc) is 2.70. The second-order valence-corrected chi connectivity index (χ2v) is 4.36. The Bertz CT molecular complexity index is 402. The zero-order chi connectivity index (χ0) is 12.4. The van der Waals surface area contributed by atoms with E-state index in [0.29, 0.717) is 6.42 Å². The third kappa shape index (κ3) is 2.46. The summed E-state index contributed by atoms with van der Waals surface area (Å²) in [6, 6.07) is 6.41. The Hall–Kier alpha value is -1.45. The molecular formula is C13H15F2NO. The van der Waals surface area contributed by atoms with E-state index >= 15 is 0 Å². The zero-order valence-corrected chi connectivity index (χ0v) is 9.62. The Morgan fingerprint density at radius 3 is 2.53 bits per heavy atom. The molecule has 1 saturated heterocycles. The van der Waals surface area contributed by atoms with Gasteiger partial charge in [-0.1, -0.05) is 31.2 Å². The lowest BCUT2D eigenvalue weighted by atomic mass is 9.90. The number of nitrogens with one attached hydrogen (secondary N) is 1. The van der Waals surface area contributed by atoms with Crippen molar-refractivity contribution in [3.63, 3.8) is 0 Å². The second kappa shape index (κ2) is 4.82. The maximum Gasteiger partial charge on any atom is 0.263 e. The molecule has 1 aliphatic rings. The van der Waals surface area contributed by atoms with Crippen molar-refractivity contribution in [2.75, 3.05) is 0 Å². The minimum atomic E-state index is -2.44. The summed E-state index contributed by atoms with van der Waals surface area (Å²) in [5.41, 5.74) is 0.985. The number of benzene rings is 1. The molecule has 2 nitrogen and oxygen atoms in total. The number of carbonyl (C=O) groups is 1. The van der Waals surface area contributed by atoms with Crippen molar-refractivity contribution in [2.45, 2.75) is 38.2 Å². The first-order chi connectivity index (χ1) is 8.11. The van der Waals surface area contributed by atoms with E-state index in [1.54, 1.807) is 12.1 Å². The molecule has 2 atom stereocenters. The van der Waals surface area contributed by atoms with Gasteiger partial charge in [0.1, 0.15) is 0 Å². The van der Waals surface area contributed by atoms with E-state index in [1.807, 2.05) is 6.92 Å². The largest absolute Gasteiger partial charge is 0.353 e. The molecule has 0 bridgehead atoms. The highest BCUT2D eigenvalue weighted by molar-refractivity contribution is 5.80. The summed E-state index contributed by atoms with van der Waals surface area (Å²) in [5, 5.41) is 2.90. The summed E-state index contributed by atoms with van der Waals surface area (Å²) in [6.07, 6.45) is -1.13. The molecule has 1 heterocycles. The molecular weight excluding hydrogens is 224 g/mol. The Labute approximate surface area is 99.0 Å². The molecule has 0 spiro atoms. The normalized spacial score (nSPS) is 24.1. The number of hydrogen-bond acceptors (Lipinski definition) is 1. The minimum Gasteiger partial charge on any atom is -0.353 e. The summed E-state index contributed by atoms with van der Waals surface area (Å²) in [6.45, 7) is 2.01. The first-order valence-corrected chi connectivity index (χ1v) is 5.79. The van der Waals surface area contributed by atoms with Crippen LogP contribution in [0.2, 0.25) is 0 Å². The number of carbonyl (C=O) groups excluding carboxylic acids is 1. The van der Waals surface area contributed by atoms with Crippen molar-refractivity contribution in [1.29, 1.82) is 0 Å². The van der Waals surface area contributed by atoms with Gasteiger partial charge in [0.05, 0.1) is 0 Å². The lowest BCUT2D eigenvalue weighted by Crippen LogP contribution is -2.27. The molecule has 2 unspecified atom stereocenters. The molecule has 92 valence electrons. The summed E-state index contributed by atoms with van der Waals surface area (Å²) in [7, 11) is 0. The standard InChI is InChI=1S/C13H15F2NO/c1-2-11-10(7-12(17)16-11)8-3-5-9(6-4-8)13(14)15/h3-6,10-11,13H,2,7H2,1H3,(H,16,17). The molecule has 17 heavy (non-hydrogen) atoms. The Morgan fingerprint density at radius 2 is 2.00 bits per heavy atom. The van der Waals surface area contributed by atoms with Crippen LogP contribution in [0.25, 0.3) is 0 Å². The minimum absolute atomic E-state index is 0.0269. The van der Waals surface area contributed by atoms with Crippen molar-refractivity contribution in [3.05, 3.63) is 35.4 Å². The highest BCUT2D eigenvalue weighted by atomic mass is 19.3. The van der Waals surface area contributed by atoms with Gasteiger partial charge < -0.3 is 5.32 Å². The molecule has 1 aromatic rings. The van der Waals surface area contributed by atoms with Crippen LogP contribution in [0.4, 0.5) is 8.78 Å². The van der Waals surface area contributed by atoms with Gasteiger partial charge in [-0.3, -0.25) is 4.79 Å². The van der Waals surface area contributed by atoms with Crippen molar-refractivity contribution in [1.82, 2.24) is 5.32 Å². The summed E-state index contributed by atoms with van der Waals surface area (Å²) in [5.74, 6) is 0.152. The number of halogens is 2. The first-order valence-electron chi connectivity index (χ1n) is 5.79. The lowest BCUT2D eigenvalue weighted by Gasteiger charge is -2.17. The van der Waals surface area contributed by atoms with Crippen molar-refractivity contribution < 1.29 is 13.6 Å². The van der Waals surface area contributed by atoms with Crippen LogP contribution in [0.15, 0.2) is 24.3 Å². The van der Waals surface area contributed by atoms with Gasteiger partial charge in [-0.2, -0.15) is 0 Å². The lowest BCUT2D eigenvalue weighted by molar-refractivity contribution is -0.119. The molecule has 0 saturated carbocycles. The SMILES string of the molecule is CCC1NC(=O)CC1c1ccc(C(F)F)cc1. The highest BCUT2D eigenvalue weighted by Gasteiger charge is 2.31. The Kier molecular flexibility index (Phi) is 3.41. The van der Waals surface area contributed by atoms with Gasteiger partial charge >= 0.3 is 0 Å². The van der Waals surface area contributed by atoms with Gasteiger partial charge in [0.25, 0.3) is 6.43 Å². The summed E-state index contributed by atoms with van der Waals surface area (Å²) >= 11 is 0. The van der Waals surface area contributed by atoms with Crippen LogP contribution in [0.1, 0.15) is 43.2 Å². The molecule has 4 heteroatoms. The van der Waals surface area contributed by atoms with E-state index in [4.69, 9.17) is 0 Å². The maximum absolute atomic E-state index is 12.4. The molecule has 1 aliphatic heterocycles. The van der Waals surface area contributed by atoms with Crippen molar-refractivity contribution in [3.8, 4) is 0 Å². The molecule has 0 radical (unpaired) electrons. The zero-order valence-electron chi connectivity index (χ0n) is 9.62. The molecule has 0 aromatic heterocycles. The smallest absolute Gasteiger partial charge is 0.263 e. The van der Waals surface area contributed by atoms with E-state index in [-0.39, 0.29) is 23.4 Å². The topological polar surface area (TPSA) is 29.1 Å². The fourth-order valence-corrected chi connectivity index (χ4v) is 2.33. The molecule has 1 N–H and O–H groups in total. The Morgan fingerprint density at radius 1 is 1.35 bits per heavy atom. The summed E-state index contributed by atoms with van der Waals surface area (Å²) < 4.78 is 24.8. The Balaban J connectivity index is 2.19. The van der Waals surface area contributed by atoms with Crippen LogP contribution < -0.4 is 5.32 Å². The van der Waals surface area contributed by atoms with E-state index in [2.05, 4.69) is 5.32 Å². The van der Waals surface area contributed by atoms with Gasteiger partial charge in [0.2, 0.25) is 5.91 Å². The number of hydrogen-bond donors (Lipinski definition) is 1. The number of rotatable bonds is 3. The maximum atomic E-state index is 12.4. The average molecular weight is 239 g/mol. The molecule has 0 aliphatic carbocycles. The predicted octanol–water partition coefficient (Wildman–Crippen LogP) is 3.01. The first kappa shape index (κ1) is 12.0. The highest BCUT2D eigenvalue weighted by Crippen LogP contribution is 2.31.